The number of sulfonamides is 2. The topological polar surface area (TPSA) is 128 Å². The van der Waals surface area contributed by atoms with Gasteiger partial charge in [0.1, 0.15) is 0 Å². The Kier molecular flexibility index (Phi) is 4.81. The smallest absolute Gasteiger partial charge is 0.255 e. The van der Waals surface area contributed by atoms with Crippen molar-refractivity contribution in [1.82, 2.24) is 4.98 Å². The molecule has 21 heavy (non-hydrogen) atoms. The van der Waals surface area contributed by atoms with Crippen LogP contribution in [0.5, 0.6) is 0 Å². The fraction of sp³-hybridized carbons (Fsp3) is 0.545. The molecule has 1 aromatic rings. The van der Waals surface area contributed by atoms with E-state index in [1.54, 1.807) is 0 Å². The lowest BCUT2D eigenvalue weighted by molar-refractivity contribution is 0.138. The largest absolute Gasteiger partial charge is 0.380 e. The highest BCUT2D eigenvalue weighted by Crippen LogP contribution is 2.28. The molecule has 1 heterocycles. The summed E-state index contributed by atoms with van der Waals surface area (Å²) in [4.78, 5) is 3.59. The Morgan fingerprint density at radius 1 is 1.29 bits per heavy atom. The van der Waals surface area contributed by atoms with Crippen LogP contribution >= 0.6 is 0 Å². The predicted octanol–water partition coefficient (Wildman–Crippen LogP) is -0.103. The summed E-state index contributed by atoms with van der Waals surface area (Å²) in [6, 6.07) is 2.42. The standard InChI is InChI=1S/C11H17N3O5S2/c12-21(17,18)11-4-3-10(7-13-11)14-20(15,16)6-5-19-8-9-1-2-9/h3-4,7,9,14H,1-2,5-6,8H2,(H2,12,17,18). The minimum Gasteiger partial charge on any atom is -0.380 e. The number of anilines is 1. The summed E-state index contributed by atoms with van der Waals surface area (Å²) in [7, 11) is -7.45. The van der Waals surface area contributed by atoms with Gasteiger partial charge in [-0.25, -0.2) is 27.0 Å². The Bertz CT molecular complexity index is 681. The molecule has 0 amide bonds. The molecule has 1 fully saturated rings. The van der Waals surface area contributed by atoms with Crippen LogP contribution < -0.4 is 9.86 Å². The van der Waals surface area contributed by atoms with Gasteiger partial charge in [-0.2, -0.15) is 0 Å². The van der Waals surface area contributed by atoms with Crippen LogP contribution in [0.1, 0.15) is 12.8 Å². The van der Waals surface area contributed by atoms with Crippen LogP contribution in [0.3, 0.4) is 0 Å². The van der Waals surface area contributed by atoms with Crippen molar-refractivity contribution in [2.75, 3.05) is 23.7 Å². The van der Waals surface area contributed by atoms with Gasteiger partial charge in [-0.05, 0) is 30.9 Å². The number of nitrogens with one attached hydrogen (secondary N) is 1. The molecule has 0 spiro atoms. The lowest BCUT2D eigenvalue weighted by atomic mass is 10.4. The number of rotatable bonds is 8. The van der Waals surface area contributed by atoms with E-state index in [1.165, 1.54) is 6.07 Å². The van der Waals surface area contributed by atoms with Crippen molar-refractivity contribution in [3.63, 3.8) is 0 Å². The second-order valence-corrected chi connectivity index (χ2v) is 8.22. The second kappa shape index (κ2) is 6.26. The van der Waals surface area contributed by atoms with Crippen molar-refractivity contribution in [1.29, 1.82) is 0 Å². The van der Waals surface area contributed by atoms with Gasteiger partial charge in [0.05, 0.1) is 24.2 Å². The highest BCUT2D eigenvalue weighted by molar-refractivity contribution is 7.92. The number of nitrogens with zero attached hydrogens (tertiary/aromatic N) is 1. The number of ether oxygens (including phenoxy) is 1. The molecule has 1 aromatic heterocycles. The first-order chi connectivity index (χ1) is 9.76. The summed E-state index contributed by atoms with van der Waals surface area (Å²) in [5.74, 6) is 0.409. The number of pyridine rings is 1. The normalized spacial score (nSPS) is 15.9. The average Bonchev–Trinajstić information content (AvgIpc) is 3.18. The van der Waals surface area contributed by atoms with Crippen molar-refractivity contribution < 1.29 is 21.6 Å². The second-order valence-electron chi connectivity index (χ2n) is 4.87. The molecule has 1 aliphatic rings. The first-order valence-electron chi connectivity index (χ1n) is 6.33. The van der Waals surface area contributed by atoms with Gasteiger partial charge < -0.3 is 4.74 Å². The van der Waals surface area contributed by atoms with E-state index in [4.69, 9.17) is 9.88 Å². The van der Waals surface area contributed by atoms with Gasteiger partial charge in [-0.15, -0.1) is 0 Å². The van der Waals surface area contributed by atoms with E-state index in [2.05, 4.69) is 9.71 Å². The molecule has 3 N–H and O–H groups in total. The summed E-state index contributed by atoms with van der Waals surface area (Å²) >= 11 is 0. The van der Waals surface area contributed by atoms with Gasteiger partial charge in [0.15, 0.2) is 5.03 Å². The molecule has 0 aromatic carbocycles. The minimum atomic E-state index is -3.89. The zero-order chi connectivity index (χ0) is 15.5. The van der Waals surface area contributed by atoms with E-state index in [0.29, 0.717) is 12.5 Å². The third-order valence-electron chi connectivity index (χ3n) is 2.85. The SMILES string of the molecule is NS(=O)(=O)c1ccc(NS(=O)(=O)CCOCC2CC2)cn1. The summed E-state index contributed by atoms with van der Waals surface area (Å²) in [5, 5.41) is 4.58. The minimum absolute atomic E-state index is 0.120. The van der Waals surface area contributed by atoms with Gasteiger partial charge in [0.2, 0.25) is 10.0 Å². The molecule has 0 unspecified atom stereocenters. The van der Waals surface area contributed by atoms with Crippen LogP contribution in [0.2, 0.25) is 0 Å². The van der Waals surface area contributed by atoms with Crippen molar-refractivity contribution in [2.24, 2.45) is 11.1 Å². The fourth-order valence-corrected chi connectivity index (χ4v) is 2.92. The molecular formula is C11H17N3O5S2. The first kappa shape index (κ1) is 16.1. The predicted molar refractivity (Wildman–Crippen MR) is 76.6 cm³/mol. The maximum atomic E-state index is 11.8. The van der Waals surface area contributed by atoms with Crippen LogP contribution in [0, 0.1) is 5.92 Å². The number of aromatic nitrogens is 1. The molecule has 2 rings (SSSR count). The van der Waals surface area contributed by atoms with E-state index in [-0.39, 0.29) is 23.1 Å². The molecule has 1 aliphatic carbocycles. The zero-order valence-electron chi connectivity index (χ0n) is 11.2. The lowest BCUT2D eigenvalue weighted by Gasteiger charge is -2.08. The van der Waals surface area contributed by atoms with Gasteiger partial charge >= 0.3 is 0 Å². The van der Waals surface area contributed by atoms with Crippen LogP contribution in [-0.4, -0.2) is 40.8 Å². The van der Waals surface area contributed by atoms with Crippen molar-refractivity contribution in [3.8, 4) is 0 Å². The number of hydrogen-bond donors (Lipinski definition) is 2. The molecule has 10 heteroatoms. The number of nitrogens with two attached hydrogens (primary N) is 1. The number of hydrogen-bond acceptors (Lipinski definition) is 6. The average molecular weight is 335 g/mol. The van der Waals surface area contributed by atoms with E-state index in [1.807, 2.05) is 0 Å². The number of primary sulfonamides is 1. The maximum Gasteiger partial charge on any atom is 0.255 e. The van der Waals surface area contributed by atoms with Crippen LogP contribution in [-0.2, 0) is 24.8 Å². The van der Waals surface area contributed by atoms with Crippen molar-refractivity contribution in [3.05, 3.63) is 18.3 Å². The van der Waals surface area contributed by atoms with E-state index < -0.39 is 20.0 Å². The summed E-state index contributed by atoms with van der Waals surface area (Å²) in [5.41, 5.74) is 0.171. The van der Waals surface area contributed by atoms with Crippen LogP contribution in [0.4, 0.5) is 5.69 Å². The highest BCUT2D eigenvalue weighted by Gasteiger charge is 2.21. The molecule has 0 saturated heterocycles. The van der Waals surface area contributed by atoms with Crippen molar-refractivity contribution >= 4 is 25.7 Å². The van der Waals surface area contributed by atoms with Gasteiger partial charge in [0, 0.05) is 6.61 Å². The summed E-state index contributed by atoms with van der Waals surface area (Å²) < 4.78 is 53.2. The molecule has 118 valence electrons. The van der Waals surface area contributed by atoms with Crippen molar-refractivity contribution in [2.45, 2.75) is 17.9 Å². The first-order valence-corrected chi connectivity index (χ1v) is 9.53. The Labute approximate surface area is 123 Å². The third-order valence-corrected chi connectivity index (χ3v) is 4.92. The Morgan fingerprint density at radius 2 is 2.00 bits per heavy atom. The van der Waals surface area contributed by atoms with E-state index >= 15 is 0 Å². The fourth-order valence-electron chi connectivity index (χ4n) is 1.54. The lowest BCUT2D eigenvalue weighted by Crippen LogP contribution is -2.21. The van der Waals surface area contributed by atoms with E-state index in [0.717, 1.165) is 25.1 Å². The Hall–Kier alpha value is -1.23. The summed E-state index contributed by atoms with van der Waals surface area (Å²) in [6.45, 7) is 0.717. The molecule has 1 saturated carbocycles. The molecule has 0 atom stereocenters. The Balaban J connectivity index is 1.86. The van der Waals surface area contributed by atoms with E-state index in [9.17, 15) is 16.8 Å². The van der Waals surface area contributed by atoms with Crippen LogP contribution in [0.15, 0.2) is 23.4 Å². The maximum absolute atomic E-state index is 11.8. The highest BCUT2D eigenvalue weighted by atomic mass is 32.2. The molecule has 0 aliphatic heterocycles. The molecule has 0 bridgehead atoms. The third kappa shape index (κ3) is 5.58. The van der Waals surface area contributed by atoms with Gasteiger partial charge in [-0.3, -0.25) is 4.72 Å². The van der Waals surface area contributed by atoms with Gasteiger partial charge in [-0.1, -0.05) is 0 Å². The molecule has 8 nitrogen and oxygen atoms in total. The molecule has 0 radical (unpaired) electrons. The zero-order valence-corrected chi connectivity index (χ0v) is 12.9. The summed E-state index contributed by atoms with van der Waals surface area (Å²) in [6.07, 6.45) is 3.39. The van der Waals surface area contributed by atoms with Crippen LogP contribution in [0.25, 0.3) is 0 Å². The monoisotopic (exact) mass is 335 g/mol. The molecular weight excluding hydrogens is 318 g/mol. The Morgan fingerprint density at radius 3 is 2.52 bits per heavy atom. The van der Waals surface area contributed by atoms with Gasteiger partial charge in [0.25, 0.3) is 10.0 Å². The quantitative estimate of drug-likeness (QED) is 0.638.